The molecule has 3 nitrogen and oxygen atoms in total. The van der Waals surface area contributed by atoms with Crippen molar-refractivity contribution in [3.05, 3.63) is 22.7 Å². The molecule has 0 radical (unpaired) electrons. The van der Waals surface area contributed by atoms with Crippen molar-refractivity contribution in [2.75, 3.05) is 0 Å². The van der Waals surface area contributed by atoms with Gasteiger partial charge in [0.05, 0.1) is 11.0 Å². The Morgan fingerprint density at radius 1 is 1.42 bits per heavy atom. The topological polar surface area (TPSA) is 37.8 Å². The van der Waals surface area contributed by atoms with Crippen LogP contribution in [-0.2, 0) is 6.54 Å². The van der Waals surface area contributed by atoms with E-state index >= 15 is 0 Å². The van der Waals surface area contributed by atoms with Crippen molar-refractivity contribution in [1.82, 2.24) is 15.3 Å². The molecule has 1 N–H and O–H groups in total. The predicted octanol–water partition coefficient (Wildman–Crippen LogP) is 1.49. The largest absolute Gasteiger partial charge is 0.307 e. The van der Waals surface area contributed by atoms with Crippen molar-refractivity contribution in [3.8, 4) is 0 Å². The van der Waals surface area contributed by atoms with Gasteiger partial charge in [-0.15, -0.1) is 0 Å². The van der Waals surface area contributed by atoms with Gasteiger partial charge in [-0.2, -0.15) is 0 Å². The fourth-order valence-electron chi connectivity index (χ4n) is 0.953. The molecule has 0 bridgehead atoms. The molecule has 0 amide bonds. The molecule has 1 aliphatic carbocycles. The number of aromatic nitrogens is 2. The quantitative estimate of drug-likeness (QED) is 0.851. The summed E-state index contributed by atoms with van der Waals surface area (Å²) in [5, 5.41) is 3.35. The average molecular weight is 228 g/mol. The van der Waals surface area contributed by atoms with Crippen LogP contribution in [0.5, 0.6) is 0 Å². The molecule has 1 aromatic heterocycles. The fraction of sp³-hybridized carbons (Fsp3) is 0.500. The highest BCUT2D eigenvalue weighted by Gasteiger charge is 2.20. The van der Waals surface area contributed by atoms with E-state index in [-0.39, 0.29) is 0 Å². The zero-order chi connectivity index (χ0) is 8.39. The van der Waals surface area contributed by atoms with Gasteiger partial charge in [0.2, 0.25) is 0 Å². The van der Waals surface area contributed by atoms with E-state index in [2.05, 4.69) is 31.2 Å². The van der Waals surface area contributed by atoms with Crippen LogP contribution in [-0.4, -0.2) is 16.0 Å². The summed E-state index contributed by atoms with van der Waals surface area (Å²) in [6.07, 6.45) is 6.15. The highest BCUT2D eigenvalue weighted by molar-refractivity contribution is 9.10. The minimum atomic E-state index is 0.720. The third kappa shape index (κ3) is 2.25. The fourth-order valence-corrected chi connectivity index (χ4v) is 1.16. The molecule has 0 atom stereocenters. The first kappa shape index (κ1) is 8.13. The summed E-state index contributed by atoms with van der Waals surface area (Å²) >= 11 is 3.29. The smallest absolute Gasteiger partial charge is 0.142 e. The second-order valence-electron chi connectivity index (χ2n) is 2.97. The van der Waals surface area contributed by atoms with E-state index in [1.165, 1.54) is 12.8 Å². The van der Waals surface area contributed by atoms with Gasteiger partial charge in [0, 0.05) is 18.4 Å². The SMILES string of the molecule is Brc1cnc(CNC2CC2)nc1. The number of rotatable bonds is 3. The molecule has 1 saturated carbocycles. The lowest BCUT2D eigenvalue weighted by Gasteiger charge is -2.00. The maximum atomic E-state index is 4.16. The lowest BCUT2D eigenvalue weighted by molar-refractivity contribution is 0.657. The Bertz CT molecular complexity index is 256. The molecule has 0 unspecified atom stereocenters. The summed E-state index contributed by atoms with van der Waals surface area (Å²) in [4.78, 5) is 8.32. The molecule has 1 aliphatic rings. The number of nitrogens with one attached hydrogen (secondary N) is 1. The van der Waals surface area contributed by atoms with Crippen molar-refractivity contribution in [2.24, 2.45) is 0 Å². The molecule has 0 aromatic carbocycles. The summed E-state index contributed by atoms with van der Waals surface area (Å²) < 4.78 is 0.928. The third-order valence-corrected chi connectivity index (χ3v) is 2.21. The second-order valence-corrected chi connectivity index (χ2v) is 3.89. The summed E-state index contributed by atoms with van der Waals surface area (Å²) in [5.41, 5.74) is 0. The number of hydrogen-bond acceptors (Lipinski definition) is 3. The van der Waals surface area contributed by atoms with Gasteiger partial charge in [0.1, 0.15) is 5.82 Å². The molecule has 4 heteroatoms. The van der Waals surface area contributed by atoms with E-state index in [0.29, 0.717) is 0 Å². The molecule has 1 heterocycles. The Morgan fingerprint density at radius 2 is 2.08 bits per heavy atom. The Balaban J connectivity index is 1.89. The first-order valence-electron chi connectivity index (χ1n) is 4.04. The monoisotopic (exact) mass is 227 g/mol. The third-order valence-electron chi connectivity index (χ3n) is 1.80. The number of halogens is 1. The average Bonchev–Trinajstić information content (AvgIpc) is 2.87. The molecule has 0 aliphatic heterocycles. The molecule has 12 heavy (non-hydrogen) atoms. The van der Waals surface area contributed by atoms with Crippen LogP contribution in [0.4, 0.5) is 0 Å². The normalized spacial score (nSPS) is 16.4. The van der Waals surface area contributed by atoms with E-state index < -0.39 is 0 Å². The van der Waals surface area contributed by atoms with Gasteiger partial charge < -0.3 is 5.32 Å². The van der Waals surface area contributed by atoms with Gasteiger partial charge in [-0.25, -0.2) is 9.97 Å². The molecule has 0 saturated heterocycles. The first-order chi connectivity index (χ1) is 5.84. The van der Waals surface area contributed by atoms with Gasteiger partial charge in [-0.05, 0) is 28.8 Å². The first-order valence-corrected chi connectivity index (χ1v) is 4.84. The minimum Gasteiger partial charge on any atom is -0.307 e. The summed E-state index contributed by atoms with van der Waals surface area (Å²) in [7, 11) is 0. The summed E-state index contributed by atoms with van der Waals surface area (Å²) in [6.45, 7) is 0.790. The molecule has 1 fully saturated rings. The molecular formula is C8H10BrN3. The lowest BCUT2D eigenvalue weighted by atomic mass is 10.5. The minimum absolute atomic E-state index is 0.720. The van der Waals surface area contributed by atoms with Crippen molar-refractivity contribution in [2.45, 2.75) is 25.4 Å². The van der Waals surface area contributed by atoms with Gasteiger partial charge >= 0.3 is 0 Å². The van der Waals surface area contributed by atoms with Crippen molar-refractivity contribution < 1.29 is 0 Å². The van der Waals surface area contributed by atoms with Crippen LogP contribution >= 0.6 is 15.9 Å². The molecule has 64 valence electrons. The Morgan fingerprint density at radius 3 is 2.67 bits per heavy atom. The van der Waals surface area contributed by atoms with Crippen LogP contribution in [0, 0.1) is 0 Å². The Hall–Kier alpha value is -0.480. The van der Waals surface area contributed by atoms with Crippen LogP contribution in [0.25, 0.3) is 0 Å². The predicted molar refractivity (Wildman–Crippen MR) is 49.6 cm³/mol. The maximum Gasteiger partial charge on any atom is 0.142 e. The van der Waals surface area contributed by atoms with Crippen LogP contribution in [0.3, 0.4) is 0 Å². The molecule has 1 aromatic rings. The molecule has 0 spiro atoms. The Kier molecular flexibility index (Phi) is 2.37. The maximum absolute atomic E-state index is 4.16. The van der Waals surface area contributed by atoms with Crippen molar-refractivity contribution in [1.29, 1.82) is 0 Å². The van der Waals surface area contributed by atoms with Crippen LogP contribution in [0.1, 0.15) is 18.7 Å². The van der Waals surface area contributed by atoms with E-state index in [4.69, 9.17) is 0 Å². The van der Waals surface area contributed by atoms with E-state index in [9.17, 15) is 0 Å². The number of nitrogens with zero attached hydrogens (tertiary/aromatic N) is 2. The van der Waals surface area contributed by atoms with Crippen LogP contribution in [0.15, 0.2) is 16.9 Å². The van der Waals surface area contributed by atoms with E-state index in [1.807, 2.05) is 0 Å². The highest BCUT2D eigenvalue weighted by Crippen LogP contribution is 2.18. The van der Waals surface area contributed by atoms with Crippen molar-refractivity contribution >= 4 is 15.9 Å². The van der Waals surface area contributed by atoms with Gasteiger partial charge in [-0.1, -0.05) is 0 Å². The van der Waals surface area contributed by atoms with E-state index in [1.54, 1.807) is 12.4 Å². The van der Waals surface area contributed by atoms with Gasteiger partial charge in [0.15, 0.2) is 0 Å². The highest BCUT2D eigenvalue weighted by atomic mass is 79.9. The summed E-state index contributed by atoms with van der Waals surface area (Å²) in [5.74, 6) is 0.866. The number of hydrogen-bond donors (Lipinski definition) is 1. The van der Waals surface area contributed by atoms with Gasteiger partial charge in [-0.3, -0.25) is 0 Å². The van der Waals surface area contributed by atoms with E-state index in [0.717, 1.165) is 22.9 Å². The van der Waals surface area contributed by atoms with Gasteiger partial charge in [0.25, 0.3) is 0 Å². The standard InChI is InChI=1S/C8H10BrN3/c9-6-3-11-8(12-4-6)5-10-7-1-2-7/h3-4,7,10H,1-2,5H2. The zero-order valence-electron chi connectivity index (χ0n) is 6.63. The van der Waals surface area contributed by atoms with Crippen LogP contribution < -0.4 is 5.32 Å². The summed E-state index contributed by atoms with van der Waals surface area (Å²) in [6, 6.07) is 0.720. The lowest BCUT2D eigenvalue weighted by Crippen LogP contribution is -2.17. The second kappa shape index (κ2) is 3.49. The molecule has 2 rings (SSSR count). The van der Waals surface area contributed by atoms with Crippen LogP contribution in [0.2, 0.25) is 0 Å². The Labute approximate surface area is 79.7 Å². The molecular weight excluding hydrogens is 218 g/mol. The van der Waals surface area contributed by atoms with Crippen molar-refractivity contribution in [3.63, 3.8) is 0 Å². The zero-order valence-corrected chi connectivity index (χ0v) is 8.21.